The average Bonchev–Trinajstić information content (AvgIpc) is 2.15. The van der Waals surface area contributed by atoms with Crippen molar-refractivity contribution in [2.45, 2.75) is 6.43 Å². The van der Waals surface area contributed by atoms with Crippen LogP contribution in [0.2, 0.25) is 0 Å². The molecule has 0 saturated carbocycles. The summed E-state index contributed by atoms with van der Waals surface area (Å²) < 4.78 is 24.5. The number of primary amides is 1. The summed E-state index contributed by atoms with van der Waals surface area (Å²) in [5, 5.41) is 10.4. The highest BCUT2D eigenvalue weighted by molar-refractivity contribution is 5.96. The van der Waals surface area contributed by atoms with Gasteiger partial charge < -0.3 is 15.8 Å². The average molecular weight is 233 g/mol. The van der Waals surface area contributed by atoms with Crippen molar-refractivity contribution in [2.75, 3.05) is 0 Å². The van der Waals surface area contributed by atoms with E-state index in [9.17, 15) is 28.5 Å². The van der Waals surface area contributed by atoms with E-state index in [4.69, 9.17) is 5.73 Å². The lowest BCUT2D eigenvalue weighted by Crippen LogP contribution is -2.21. The van der Waals surface area contributed by atoms with E-state index in [1.807, 2.05) is 0 Å². The van der Waals surface area contributed by atoms with Gasteiger partial charge in [0.25, 0.3) is 12.3 Å². The van der Waals surface area contributed by atoms with Crippen LogP contribution in [0.5, 0.6) is 0 Å². The number of nitro groups is 1. The van der Waals surface area contributed by atoms with Gasteiger partial charge in [-0.15, -0.1) is 0 Å². The Morgan fingerprint density at radius 2 is 2.12 bits per heavy atom. The first-order valence-electron chi connectivity index (χ1n) is 3.84. The number of alkyl halides is 2. The van der Waals surface area contributed by atoms with E-state index in [-0.39, 0.29) is 0 Å². The fraction of sp³-hybridized carbons (Fsp3) is 0.143. The molecule has 7 nitrogen and oxygen atoms in total. The van der Waals surface area contributed by atoms with Crippen LogP contribution in [0.3, 0.4) is 0 Å². The minimum absolute atomic E-state index is 0.421. The summed E-state index contributed by atoms with van der Waals surface area (Å²) in [5.41, 5.74) is 1.63. The predicted molar refractivity (Wildman–Crippen MR) is 47.2 cm³/mol. The van der Waals surface area contributed by atoms with E-state index < -0.39 is 39.8 Å². The summed E-state index contributed by atoms with van der Waals surface area (Å²) in [5.74, 6) is -2.27. The number of carbonyl (C=O) groups excluding carboxylic acids is 1. The first-order chi connectivity index (χ1) is 7.34. The number of amides is 1. The van der Waals surface area contributed by atoms with E-state index in [1.54, 1.807) is 4.98 Å². The number of rotatable bonds is 3. The first kappa shape index (κ1) is 11.8. The molecule has 16 heavy (non-hydrogen) atoms. The van der Waals surface area contributed by atoms with E-state index in [0.29, 0.717) is 6.07 Å². The Labute approximate surface area is 86.0 Å². The molecule has 9 heteroatoms. The molecule has 0 radical (unpaired) electrons. The molecule has 1 heterocycles. The van der Waals surface area contributed by atoms with Crippen molar-refractivity contribution in [3.63, 3.8) is 0 Å². The van der Waals surface area contributed by atoms with Crippen molar-refractivity contribution in [2.24, 2.45) is 5.73 Å². The molecule has 0 spiro atoms. The SMILES string of the molecule is NC(=O)c1cc(C(F)F)c(=O)[nH]c1[N+](=O)[O-]. The number of hydrogen-bond acceptors (Lipinski definition) is 4. The molecule has 0 atom stereocenters. The lowest BCUT2D eigenvalue weighted by Gasteiger charge is -2.02. The van der Waals surface area contributed by atoms with E-state index in [0.717, 1.165) is 0 Å². The highest BCUT2D eigenvalue weighted by Crippen LogP contribution is 2.20. The molecule has 0 aliphatic carbocycles. The number of halogens is 2. The van der Waals surface area contributed by atoms with Crippen molar-refractivity contribution in [1.82, 2.24) is 4.98 Å². The summed E-state index contributed by atoms with van der Waals surface area (Å²) in [4.78, 5) is 32.6. The molecule has 3 N–H and O–H groups in total. The van der Waals surface area contributed by atoms with Gasteiger partial charge in [0.1, 0.15) is 11.1 Å². The predicted octanol–water partition coefficient (Wildman–Crippen LogP) is 0.320. The van der Waals surface area contributed by atoms with Crippen LogP contribution in [0.4, 0.5) is 14.6 Å². The Morgan fingerprint density at radius 3 is 2.50 bits per heavy atom. The van der Waals surface area contributed by atoms with E-state index in [1.165, 1.54) is 0 Å². The number of aromatic nitrogens is 1. The molecule has 1 aromatic heterocycles. The van der Waals surface area contributed by atoms with E-state index >= 15 is 0 Å². The monoisotopic (exact) mass is 233 g/mol. The van der Waals surface area contributed by atoms with Gasteiger partial charge in [-0.3, -0.25) is 4.79 Å². The zero-order valence-electron chi connectivity index (χ0n) is 7.57. The van der Waals surface area contributed by atoms with Gasteiger partial charge in [0.15, 0.2) is 0 Å². The third kappa shape index (κ3) is 2.02. The van der Waals surface area contributed by atoms with Crippen molar-refractivity contribution in [3.05, 3.63) is 37.7 Å². The molecule has 0 fully saturated rings. The molecule has 0 aromatic carbocycles. The lowest BCUT2D eigenvalue weighted by atomic mass is 10.2. The van der Waals surface area contributed by atoms with Crippen LogP contribution in [0.1, 0.15) is 22.3 Å². The highest BCUT2D eigenvalue weighted by Gasteiger charge is 2.24. The van der Waals surface area contributed by atoms with Crippen LogP contribution in [0, 0.1) is 10.1 Å². The quantitative estimate of drug-likeness (QED) is 0.576. The van der Waals surface area contributed by atoms with Gasteiger partial charge in [-0.25, -0.2) is 18.6 Å². The molecule has 0 saturated heterocycles. The number of nitrogens with zero attached hydrogens (tertiary/aromatic N) is 1. The van der Waals surface area contributed by atoms with Gasteiger partial charge in [-0.1, -0.05) is 0 Å². The maximum atomic E-state index is 12.3. The highest BCUT2D eigenvalue weighted by atomic mass is 19.3. The van der Waals surface area contributed by atoms with Crippen molar-refractivity contribution >= 4 is 11.7 Å². The Balaban J connectivity index is 3.56. The number of nitrogens with one attached hydrogen (secondary N) is 1. The Morgan fingerprint density at radius 1 is 1.56 bits per heavy atom. The fourth-order valence-corrected chi connectivity index (χ4v) is 1.03. The van der Waals surface area contributed by atoms with Gasteiger partial charge >= 0.3 is 11.4 Å². The maximum Gasteiger partial charge on any atom is 0.340 e. The van der Waals surface area contributed by atoms with Gasteiger partial charge in [0.2, 0.25) is 0 Å². The zero-order valence-corrected chi connectivity index (χ0v) is 7.57. The van der Waals surface area contributed by atoms with Crippen LogP contribution >= 0.6 is 0 Å². The van der Waals surface area contributed by atoms with Crippen LogP contribution in [0.15, 0.2) is 10.9 Å². The summed E-state index contributed by atoms with van der Waals surface area (Å²) in [7, 11) is 0. The second kappa shape index (κ2) is 4.04. The molecule has 86 valence electrons. The summed E-state index contributed by atoms with van der Waals surface area (Å²) in [6.07, 6.45) is -3.15. The molecule has 0 aliphatic rings. The third-order valence-corrected chi connectivity index (χ3v) is 1.73. The minimum atomic E-state index is -3.15. The normalized spacial score (nSPS) is 10.4. The molecule has 0 unspecified atom stereocenters. The smallest absolute Gasteiger partial charge is 0.340 e. The molecule has 1 amide bonds. The number of pyridine rings is 1. The van der Waals surface area contributed by atoms with E-state index in [2.05, 4.69) is 0 Å². The minimum Gasteiger partial charge on any atom is -0.365 e. The largest absolute Gasteiger partial charge is 0.365 e. The molecule has 1 aromatic rings. The second-order valence-corrected chi connectivity index (χ2v) is 2.74. The first-order valence-corrected chi connectivity index (χ1v) is 3.84. The van der Waals surface area contributed by atoms with Crippen molar-refractivity contribution < 1.29 is 18.5 Å². The number of carbonyl (C=O) groups is 1. The van der Waals surface area contributed by atoms with Gasteiger partial charge in [-0.2, -0.15) is 0 Å². The molecular weight excluding hydrogens is 228 g/mol. The van der Waals surface area contributed by atoms with Crippen molar-refractivity contribution in [1.29, 1.82) is 0 Å². The Bertz CT molecular complexity index is 511. The number of aromatic amines is 1. The van der Waals surface area contributed by atoms with Crippen LogP contribution in [0.25, 0.3) is 0 Å². The Hall–Kier alpha value is -2.32. The van der Waals surface area contributed by atoms with Gasteiger partial charge in [0, 0.05) is 0 Å². The standard InChI is InChI=1S/C7H5F2N3O4/c8-4(9)2-1-3(5(10)13)6(12(15)16)11-7(2)14/h1,4H,(H2,10,13)(H,11,14). The summed E-state index contributed by atoms with van der Waals surface area (Å²) in [6.45, 7) is 0. The Kier molecular flexibility index (Phi) is 2.97. The number of nitrogens with two attached hydrogens (primary N) is 1. The number of H-pyrrole nitrogens is 1. The van der Waals surface area contributed by atoms with Gasteiger partial charge in [0.05, 0.1) is 0 Å². The van der Waals surface area contributed by atoms with Crippen LogP contribution in [-0.4, -0.2) is 15.8 Å². The molecule has 0 aliphatic heterocycles. The second-order valence-electron chi connectivity index (χ2n) is 2.74. The molecule has 0 bridgehead atoms. The molecular formula is C7H5F2N3O4. The topological polar surface area (TPSA) is 119 Å². The lowest BCUT2D eigenvalue weighted by molar-refractivity contribution is -0.390. The zero-order chi connectivity index (χ0) is 12.5. The van der Waals surface area contributed by atoms with Crippen LogP contribution in [-0.2, 0) is 0 Å². The number of hydrogen-bond donors (Lipinski definition) is 2. The summed E-state index contributed by atoms with van der Waals surface area (Å²) in [6, 6.07) is 0.421. The van der Waals surface area contributed by atoms with Crippen LogP contribution < -0.4 is 11.3 Å². The fourth-order valence-electron chi connectivity index (χ4n) is 1.03. The summed E-state index contributed by atoms with van der Waals surface area (Å²) >= 11 is 0. The third-order valence-electron chi connectivity index (χ3n) is 1.73. The van der Waals surface area contributed by atoms with Crippen molar-refractivity contribution in [3.8, 4) is 0 Å². The van der Waals surface area contributed by atoms with Gasteiger partial charge in [-0.05, 0) is 11.0 Å². The molecule has 1 rings (SSSR count). The maximum absolute atomic E-state index is 12.3.